The second kappa shape index (κ2) is 4.41. The second-order valence-electron chi connectivity index (χ2n) is 9.86. The molecule has 4 N–H and O–H groups in total. The Balaban J connectivity index is 1.45. The summed E-state index contributed by atoms with van der Waals surface area (Å²) in [6.07, 6.45) is 5.68. The number of ketones is 1. The number of carbonyl (C=O) groups excluding carboxylic acids is 1. The Labute approximate surface area is 142 Å². The smallest absolute Gasteiger partial charge is 0.154 e. The first-order chi connectivity index (χ1) is 11.3. The Hall–Kier alpha value is -0.960. The molecule has 0 radical (unpaired) electrons. The van der Waals surface area contributed by atoms with Crippen LogP contribution in [0.25, 0.3) is 0 Å². The van der Waals surface area contributed by atoms with Gasteiger partial charge in [-0.3, -0.25) is 4.79 Å². The number of rotatable bonds is 3. The number of fused-ring (bicyclic) bond motifs is 1. The molecule has 0 aliphatic heterocycles. The average molecular weight is 330 g/mol. The molecule has 6 rings (SSSR count). The van der Waals surface area contributed by atoms with Crippen LogP contribution in [-0.4, -0.2) is 33.2 Å². The third-order valence-corrected chi connectivity index (χ3v) is 7.94. The van der Waals surface area contributed by atoms with E-state index in [1.54, 1.807) is 0 Å². The molecule has 6 fully saturated rings. The first kappa shape index (κ1) is 15.3. The normalized spacial score (nSPS) is 58.2. The predicted octanol–water partition coefficient (Wildman–Crippen LogP) is 1.12. The molecule has 6 aliphatic rings. The van der Waals surface area contributed by atoms with Crippen molar-refractivity contribution >= 4 is 5.78 Å². The van der Waals surface area contributed by atoms with E-state index in [2.05, 4.69) is 6.07 Å². The number of hydrogen-bond donors (Lipinski definition) is 3. The molecule has 0 spiro atoms. The average Bonchev–Trinajstić information content (AvgIpc) is 3.12. The molecule has 5 heteroatoms. The molecule has 0 aromatic rings. The van der Waals surface area contributed by atoms with Crippen LogP contribution in [0, 0.1) is 46.3 Å². The Morgan fingerprint density at radius 2 is 1.79 bits per heavy atom. The van der Waals surface area contributed by atoms with Gasteiger partial charge in [0.05, 0.1) is 29.2 Å². The number of hydrogen-bond acceptors (Lipinski definition) is 5. The van der Waals surface area contributed by atoms with Crippen molar-refractivity contribution in [2.24, 2.45) is 40.7 Å². The van der Waals surface area contributed by atoms with Crippen LogP contribution in [0.1, 0.15) is 51.4 Å². The van der Waals surface area contributed by atoms with Gasteiger partial charge < -0.3 is 15.9 Å². The van der Waals surface area contributed by atoms with Gasteiger partial charge in [-0.05, 0) is 68.1 Å². The van der Waals surface area contributed by atoms with E-state index >= 15 is 0 Å². The number of Topliss-reactive ketones (excluding diaryl/α,β-unsaturated/α-hetero) is 1. The lowest BCUT2D eigenvalue weighted by Crippen LogP contribution is -2.68. The molecule has 24 heavy (non-hydrogen) atoms. The molecule has 7 unspecified atom stereocenters. The van der Waals surface area contributed by atoms with Crippen LogP contribution in [-0.2, 0) is 4.79 Å². The topological polar surface area (TPSA) is 107 Å². The van der Waals surface area contributed by atoms with Crippen LogP contribution in [0.2, 0.25) is 0 Å². The van der Waals surface area contributed by atoms with E-state index in [1.807, 2.05) is 0 Å². The minimum Gasteiger partial charge on any atom is -0.390 e. The van der Waals surface area contributed by atoms with E-state index in [1.165, 1.54) is 0 Å². The summed E-state index contributed by atoms with van der Waals surface area (Å²) in [7, 11) is 0. The van der Waals surface area contributed by atoms with Crippen LogP contribution >= 0.6 is 0 Å². The van der Waals surface area contributed by atoms with Crippen molar-refractivity contribution in [3.05, 3.63) is 0 Å². The van der Waals surface area contributed by atoms with Crippen molar-refractivity contribution in [1.29, 1.82) is 5.26 Å². The third-order valence-electron chi connectivity index (χ3n) is 7.94. The van der Waals surface area contributed by atoms with Crippen LogP contribution in [0.5, 0.6) is 0 Å². The van der Waals surface area contributed by atoms with Gasteiger partial charge in [0.2, 0.25) is 0 Å². The number of nitrogens with two attached hydrogens (primary N) is 1. The van der Waals surface area contributed by atoms with Crippen molar-refractivity contribution < 1.29 is 15.0 Å². The number of aliphatic hydroxyl groups is 2. The van der Waals surface area contributed by atoms with E-state index in [4.69, 9.17) is 5.73 Å². The minimum atomic E-state index is -0.863. The summed E-state index contributed by atoms with van der Waals surface area (Å²) in [6.45, 7) is 0. The molecule has 0 heterocycles. The van der Waals surface area contributed by atoms with Gasteiger partial charge in [-0.2, -0.15) is 5.26 Å². The van der Waals surface area contributed by atoms with Gasteiger partial charge in [-0.15, -0.1) is 0 Å². The molecule has 0 amide bonds. The molecule has 0 saturated heterocycles. The van der Waals surface area contributed by atoms with Crippen molar-refractivity contribution in [3.8, 4) is 6.07 Å². The molecular formula is C19H26N2O3. The van der Waals surface area contributed by atoms with E-state index < -0.39 is 22.7 Å². The van der Waals surface area contributed by atoms with Gasteiger partial charge in [0.15, 0.2) is 5.78 Å². The van der Waals surface area contributed by atoms with Crippen LogP contribution in [0.3, 0.4) is 0 Å². The first-order valence-electron chi connectivity index (χ1n) is 9.40. The molecule has 6 saturated carbocycles. The van der Waals surface area contributed by atoms with Gasteiger partial charge in [-0.25, -0.2) is 0 Å². The molecule has 5 nitrogen and oxygen atoms in total. The van der Waals surface area contributed by atoms with E-state index in [0.29, 0.717) is 31.1 Å². The maximum Gasteiger partial charge on any atom is 0.154 e. The minimum absolute atomic E-state index is 0.0284. The molecular weight excluding hydrogens is 304 g/mol. The fourth-order valence-corrected chi connectivity index (χ4v) is 7.56. The zero-order chi connectivity index (χ0) is 16.9. The monoisotopic (exact) mass is 330 g/mol. The summed E-state index contributed by atoms with van der Waals surface area (Å²) in [4.78, 5) is 13.2. The van der Waals surface area contributed by atoms with Gasteiger partial charge in [-0.1, -0.05) is 0 Å². The zero-order valence-electron chi connectivity index (χ0n) is 13.9. The fraction of sp³-hybridized carbons (Fsp3) is 0.895. The highest BCUT2D eigenvalue weighted by Crippen LogP contribution is 2.65. The lowest BCUT2D eigenvalue weighted by atomic mass is 9.44. The summed E-state index contributed by atoms with van der Waals surface area (Å²) in [5, 5.41) is 31.2. The molecule has 0 aromatic carbocycles. The third kappa shape index (κ3) is 1.94. The SMILES string of the molecule is N#CC1CC2CC2C1C(=O)C(N)C12CC3CC(O)(CC(O)(C3)C1)C2. The van der Waals surface area contributed by atoms with Crippen LogP contribution < -0.4 is 5.73 Å². The summed E-state index contributed by atoms with van der Waals surface area (Å²) in [6, 6.07) is 1.67. The highest BCUT2D eigenvalue weighted by Gasteiger charge is 2.66. The second-order valence-corrected chi connectivity index (χ2v) is 9.86. The Kier molecular flexibility index (Phi) is 2.81. The molecule has 7 atom stereocenters. The molecule has 0 aromatic heterocycles. The zero-order valence-corrected chi connectivity index (χ0v) is 13.9. The maximum atomic E-state index is 13.2. The lowest BCUT2D eigenvalue weighted by molar-refractivity contribution is -0.234. The molecule has 4 bridgehead atoms. The van der Waals surface area contributed by atoms with Crippen molar-refractivity contribution in [2.75, 3.05) is 0 Å². The first-order valence-corrected chi connectivity index (χ1v) is 9.40. The molecule has 6 aliphatic carbocycles. The number of nitriles is 1. The Morgan fingerprint density at radius 3 is 2.38 bits per heavy atom. The maximum absolute atomic E-state index is 13.2. The standard InChI is InChI=1S/C19H26N2O3/c20-6-12-1-11-2-13(11)14(12)15(22)16(21)17-3-10-4-18(23,7-17)9-19(24,5-10)8-17/h10-14,16,23-24H,1-5,7-9,21H2. The van der Waals surface area contributed by atoms with Gasteiger partial charge in [0.1, 0.15) is 0 Å². The van der Waals surface area contributed by atoms with Gasteiger partial charge in [0, 0.05) is 12.3 Å². The summed E-state index contributed by atoms with van der Waals surface area (Å²) in [5.74, 6) is 0.785. The van der Waals surface area contributed by atoms with E-state index in [9.17, 15) is 20.3 Å². The van der Waals surface area contributed by atoms with Crippen molar-refractivity contribution in [2.45, 2.75) is 68.6 Å². The van der Waals surface area contributed by atoms with Crippen molar-refractivity contribution in [3.63, 3.8) is 0 Å². The van der Waals surface area contributed by atoms with Crippen LogP contribution in [0.15, 0.2) is 0 Å². The summed E-state index contributed by atoms with van der Waals surface area (Å²) >= 11 is 0. The van der Waals surface area contributed by atoms with Gasteiger partial charge >= 0.3 is 0 Å². The number of nitrogens with zero attached hydrogens (tertiary/aromatic N) is 1. The number of carbonyl (C=O) groups is 1. The highest BCUT2D eigenvalue weighted by molar-refractivity contribution is 5.88. The van der Waals surface area contributed by atoms with Crippen LogP contribution in [0.4, 0.5) is 0 Å². The highest BCUT2D eigenvalue weighted by atomic mass is 16.3. The van der Waals surface area contributed by atoms with Crippen molar-refractivity contribution in [1.82, 2.24) is 0 Å². The lowest BCUT2D eigenvalue weighted by Gasteiger charge is -2.64. The quantitative estimate of drug-likeness (QED) is 0.719. The summed E-state index contributed by atoms with van der Waals surface area (Å²) in [5.41, 5.74) is 4.33. The Bertz CT molecular complexity index is 637. The molecule has 130 valence electrons. The Morgan fingerprint density at radius 1 is 1.12 bits per heavy atom. The predicted molar refractivity (Wildman–Crippen MR) is 85.3 cm³/mol. The summed E-state index contributed by atoms with van der Waals surface area (Å²) < 4.78 is 0. The van der Waals surface area contributed by atoms with E-state index in [0.717, 1.165) is 32.1 Å². The van der Waals surface area contributed by atoms with Gasteiger partial charge in [0.25, 0.3) is 0 Å². The van der Waals surface area contributed by atoms with E-state index in [-0.39, 0.29) is 23.5 Å². The largest absolute Gasteiger partial charge is 0.390 e. The fourth-order valence-electron chi connectivity index (χ4n) is 7.56.